The van der Waals surface area contributed by atoms with Crippen molar-refractivity contribution >= 4 is 12.0 Å². The Labute approximate surface area is 96.3 Å². The molecule has 0 heterocycles. The summed E-state index contributed by atoms with van der Waals surface area (Å²) in [7, 11) is 5.43. The van der Waals surface area contributed by atoms with Gasteiger partial charge < -0.3 is 9.64 Å². The summed E-state index contributed by atoms with van der Waals surface area (Å²) < 4.78 is 4.52. The summed E-state index contributed by atoms with van der Waals surface area (Å²) in [6, 6.07) is 8.07. The van der Waals surface area contributed by atoms with Gasteiger partial charge >= 0.3 is 5.97 Å². The van der Waals surface area contributed by atoms with Crippen molar-refractivity contribution in [3.05, 3.63) is 41.5 Å². The molecule has 0 spiro atoms. The fraction of sp³-hybridized carbons (Fsp3) is 0.308. The van der Waals surface area contributed by atoms with Crippen LogP contribution in [0.5, 0.6) is 0 Å². The highest BCUT2D eigenvalue weighted by atomic mass is 16.5. The normalized spacial score (nSPS) is 11.0. The van der Waals surface area contributed by atoms with Crippen molar-refractivity contribution in [1.29, 1.82) is 0 Å². The molecule has 16 heavy (non-hydrogen) atoms. The van der Waals surface area contributed by atoms with E-state index in [4.69, 9.17) is 0 Å². The van der Waals surface area contributed by atoms with E-state index in [9.17, 15) is 4.79 Å². The van der Waals surface area contributed by atoms with Gasteiger partial charge in [-0.25, -0.2) is 4.79 Å². The highest BCUT2D eigenvalue weighted by molar-refractivity contribution is 5.86. The van der Waals surface area contributed by atoms with E-state index in [0.717, 1.165) is 12.1 Å². The molecule has 0 radical (unpaired) electrons. The number of ether oxygens (including phenoxy) is 1. The molecule has 0 bridgehead atoms. The van der Waals surface area contributed by atoms with Gasteiger partial charge in [0.05, 0.1) is 7.11 Å². The molecule has 0 amide bonds. The maximum Gasteiger partial charge on any atom is 0.330 e. The van der Waals surface area contributed by atoms with Crippen molar-refractivity contribution in [1.82, 2.24) is 4.90 Å². The summed E-state index contributed by atoms with van der Waals surface area (Å²) in [6.45, 7) is 0.918. The highest BCUT2D eigenvalue weighted by Crippen LogP contribution is 2.07. The Morgan fingerprint density at radius 3 is 2.44 bits per heavy atom. The van der Waals surface area contributed by atoms with Crippen molar-refractivity contribution in [2.24, 2.45) is 0 Å². The lowest BCUT2D eigenvalue weighted by Crippen LogP contribution is -2.10. The van der Waals surface area contributed by atoms with Gasteiger partial charge in [0.1, 0.15) is 0 Å². The number of methoxy groups -OCH3 is 1. The zero-order valence-corrected chi connectivity index (χ0v) is 9.93. The largest absolute Gasteiger partial charge is 0.466 e. The molecule has 0 saturated carbocycles. The molecule has 0 fully saturated rings. The van der Waals surface area contributed by atoms with Crippen molar-refractivity contribution in [2.75, 3.05) is 21.2 Å². The maximum absolute atomic E-state index is 10.9. The zero-order valence-electron chi connectivity index (χ0n) is 9.93. The first kappa shape index (κ1) is 12.5. The minimum atomic E-state index is -0.336. The molecule has 1 rings (SSSR count). The van der Waals surface area contributed by atoms with Crippen LogP contribution in [-0.4, -0.2) is 32.1 Å². The summed E-state index contributed by atoms with van der Waals surface area (Å²) in [6.07, 6.45) is 3.16. The monoisotopic (exact) mass is 219 g/mol. The third kappa shape index (κ3) is 4.28. The van der Waals surface area contributed by atoms with Gasteiger partial charge in [0.15, 0.2) is 0 Å². The van der Waals surface area contributed by atoms with E-state index in [1.54, 1.807) is 6.08 Å². The van der Waals surface area contributed by atoms with E-state index in [1.807, 2.05) is 26.2 Å². The fourth-order valence-corrected chi connectivity index (χ4v) is 1.33. The average Bonchev–Trinajstić information content (AvgIpc) is 2.27. The first-order valence-electron chi connectivity index (χ1n) is 5.11. The quantitative estimate of drug-likeness (QED) is 0.572. The van der Waals surface area contributed by atoms with Gasteiger partial charge in [-0.15, -0.1) is 0 Å². The Morgan fingerprint density at radius 1 is 1.31 bits per heavy atom. The van der Waals surface area contributed by atoms with Crippen LogP contribution < -0.4 is 0 Å². The first-order chi connectivity index (χ1) is 7.61. The molecular formula is C13H17NO2. The van der Waals surface area contributed by atoms with Crippen molar-refractivity contribution in [3.8, 4) is 0 Å². The summed E-state index contributed by atoms with van der Waals surface area (Å²) in [5, 5.41) is 0. The van der Waals surface area contributed by atoms with Gasteiger partial charge in [0.2, 0.25) is 0 Å². The number of nitrogens with zero attached hydrogens (tertiary/aromatic N) is 1. The summed E-state index contributed by atoms with van der Waals surface area (Å²) >= 11 is 0. The van der Waals surface area contributed by atoms with Crippen LogP contribution in [0.25, 0.3) is 6.08 Å². The Kier molecular flexibility index (Phi) is 4.73. The lowest BCUT2D eigenvalue weighted by Gasteiger charge is -2.09. The molecule has 0 saturated heterocycles. The van der Waals surface area contributed by atoms with E-state index >= 15 is 0 Å². The Balaban J connectivity index is 2.64. The van der Waals surface area contributed by atoms with Gasteiger partial charge in [0.25, 0.3) is 0 Å². The number of carbonyl (C=O) groups excluding carboxylic acids is 1. The first-order valence-corrected chi connectivity index (χ1v) is 5.11. The van der Waals surface area contributed by atoms with Crippen molar-refractivity contribution in [3.63, 3.8) is 0 Å². The van der Waals surface area contributed by atoms with E-state index in [-0.39, 0.29) is 5.97 Å². The minimum Gasteiger partial charge on any atom is -0.466 e. The molecule has 0 aliphatic carbocycles. The van der Waals surface area contributed by atoms with Gasteiger partial charge in [0, 0.05) is 12.6 Å². The third-order valence-electron chi connectivity index (χ3n) is 2.09. The molecule has 1 aromatic rings. The standard InChI is InChI=1S/C13H17NO2/c1-14(2)10-12-6-4-11(5-7-12)8-9-13(15)16-3/h4-9H,10H2,1-3H3/b9-8+. The summed E-state index contributed by atoms with van der Waals surface area (Å²) in [5.74, 6) is -0.336. The lowest BCUT2D eigenvalue weighted by atomic mass is 10.1. The van der Waals surface area contributed by atoms with Crippen LogP contribution in [0.2, 0.25) is 0 Å². The van der Waals surface area contributed by atoms with E-state index in [0.29, 0.717) is 0 Å². The number of rotatable bonds is 4. The number of carbonyl (C=O) groups is 1. The van der Waals surface area contributed by atoms with Crippen LogP contribution in [0.4, 0.5) is 0 Å². The lowest BCUT2D eigenvalue weighted by molar-refractivity contribution is -0.134. The van der Waals surface area contributed by atoms with Crippen LogP contribution in [-0.2, 0) is 16.1 Å². The molecule has 0 N–H and O–H groups in total. The minimum absolute atomic E-state index is 0.336. The third-order valence-corrected chi connectivity index (χ3v) is 2.09. The van der Waals surface area contributed by atoms with E-state index in [1.165, 1.54) is 18.7 Å². The smallest absolute Gasteiger partial charge is 0.330 e. The van der Waals surface area contributed by atoms with Crippen molar-refractivity contribution < 1.29 is 9.53 Å². The van der Waals surface area contributed by atoms with Crippen LogP contribution in [0.1, 0.15) is 11.1 Å². The molecule has 0 aliphatic rings. The van der Waals surface area contributed by atoms with E-state index < -0.39 is 0 Å². The molecule has 86 valence electrons. The average molecular weight is 219 g/mol. The molecule has 3 heteroatoms. The van der Waals surface area contributed by atoms with Crippen LogP contribution in [0.3, 0.4) is 0 Å². The SMILES string of the molecule is COC(=O)/C=C/c1ccc(CN(C)C)cc1. The maximum atomic E-state index is 10.9. The predicted octanol–water partition coefficient (Wildman–Crippen LogP) is 1.93. The topological polar surface area (TPSA) is 29.5 Å². The van der Waals surface area contributed by atoms with Crippen molar-refractivity contribution in [2.45, 2.75) is 6.54 Å². The zero-order chi connectivity index (χ0) is 12.0. The van der Waals surface area contributed by atoms with Crippen LogP contribution in [0, 0.1) is 0 Å². The van der Waals surface area contributed by atoms with Gasteiger partial charge in [-0.2, -0.15) is 0 Å². The fourth-order valence-electron chi connectivity index (χ4n) is 1.33. The molecule has 0 aromatic heterocycles. The van der Waals surface area contributed by atoms with E-state index in [2.05, 4.69) is 21.8 Å². The van der Waals surface area contributed by atoms with Gasteiger partial charge in [-0.1, -0.05) is 24.3 Å². The Bertz CT molecular complexity index is 366. The number of hydrogen-bond acceptors (Lipinski definition) is 3. The number of benzene rings is 1. The number of esters is 1. The molecule has 0 aliphatic heterocycles. The second-order valence-electron chi connectivity index (χ2n) is 3.84. The Morgan fingerprint density at radius 2 is 1.94 bits per heavy atom. The highest BCUT2D eigenvalue weighted by Gasteiger charge is 1.95. The molecule has 0 unspecified atom stereocenters. The summed E-state index contributed by atoms with van der Waals surface area (Å²) in [5.41, 5.74) is 2.24. The number of hydrogen-bond donors (Lipinski definition) is 0. The molecule has 1 aromatic carbocycles. The molecular weight excluding hydrogens is 202 g/mol. The van der Waals surface area contributed by atoms with Gasteiger partial charge in [-0.3, -0.25) is 0 Å². The predicted molar refractivity (Wildman–Crippen MR) is 64.9 cm³/mol. The Hall–Kier alpha value is -1.61. The van der Waals surface area contributed by atoms with Gasteiger partial charge in [-0.05, 0) is 31.3 Å². The molecule has 0 atom stereocenters. The van der Waals surface area contributed by atoms with Crippen LogP contribution >= 0.6 is 0 Å². The molecule has 3 nitrogen and oxygen atoms in total. The second-order valence-corrected chi connectivity index (χ2v) is 3.84. The van der Waals surface area contributed by atoms with Crippen LogP contribution in [0.15, 0.2) is 30.3 Å². The second kappa shape index (κ2) is 6.08. The summed E-state index contributed by atoms with van der Waals surface area (Å²) in [4.78, 5) is 13.0.